The number of aromatic nitrogens is 1. The summed E-state index contributed by atoms with van der Waals surface area (Å²) in [6, 6.07) is 12.3. The number of carbonyl (C=O) groups excluding carboxylic acids is 1. The summed E-state index contributed by atoms with van der Waals surface area (Å²) >= 11 is 0. The molecule has 0 unspecified atom stereocenters. The van der Waals surface area contributed by atoms with Crippen molar-refractivity contribution in [3.63, 3.8) is 0 Å². The normalized spacial score (nSPS) is 10.5. The van der Waals surface area contributed by atoms with Crippen molar-refractivity contribution < 1.29 is 9.53 Å². The van der Waals surface area contributed by atoms with E-state index in [2.05, 4.69) is 24.0 Å². The van der Waals surface area contributed by atoms with E-state index in [1.807, 2.05) is 24.3 Å². The Morgan fingerprint density at radius 3 is 2.22 bits per heavy atom. The fourth-order valence-corrected chi connectivity index (χ4v) is 2.43. The number of rotatable bonds is 9. The summed E-state index contributed by atoms with van der Waals surface area (Å²) in [7, 11) is 0. The molecule has 2 rings (SSSR count). The molecule has 0 bridgehead atoms. The first-order valence-corrected chi connectivity index (χ1v) is 8.40. The molecule has 0 saturated carbocycles. The first kappa shape index (κ1) is 17.2. The first-order chi connectivity index (χ1) is 11.3. The predicted molar refractivity (Wildman–Crippen MR) is 92.3 cm³/mol. The van der Waals surface area contributed by atoms with Crippen LogP contribution in [0.15, 0.2) is 48.8 Å². The smallest absolute Gasteiger partial charge is 0.310 e. The van der Waals surface area contributed by atoms with Crippen molar-refractivity contribution in [1.29, 1.82) is 0 Å². The summed E-state index contributed by atoms with van der Waals surface area (Å²) < 4.78 is 5.31. The summed E-state index contributed by atoms with van der Waals surface area (Å²) in [5, 5.41) is 0. The van der Waals surface area contributed by atoms with E-state index >= 15 is 0 Å². The lowest BCUT2D eigenvalue weighted by atomic mass is 10.1. The van der Waals surface area contributed by atoms with Crippen LogP contribution in [0.5, 0.6) is 0 Å². The van der Waals surface area contributed by atoms with Crippen molar-refractivity contribution in [1.82, 2.24) is 4.98 Å². The van der Waals surface area contributed by atoms with Crippen LogP contribution in [0.3, 0.4) is 0 Å². The highest BCUT2D eigenvalue weighted by Crippen LogP contribution is 2.09. The number of nitrogens with zero attached hydrogens (tertiary/aromatic N) is 1. The van der Waals surface area contributed by atoms with E-state index in [1.54, 1.807) is 12.4 Å². The molecule has 1 heterocycles. The van der Waals surface area contributed by atoms with Crippen LogP contribution in [0.1, 0.15) is 42.9 Å². The van der Waals surface area contributed by atoms with Gasteiger partial charge in [-0.05, 0) is 54.5 Å². The Labute approximate surface area is 138 Å². The second-order valence-electron chi connectivity index (χ2n) is 5.78. The molecule has 3 nitrogen and oxygen atoms in total. The fraction of sp³-hybridized carbons (Fsp3) is 0.400. The highest BCUT2D eigenvalue weighted by atomic mass is 16.5. The van der Waals surface area contributed by atoms with Gasteiger partial charge in [-0.25, -0.2) is 0 Å². The van der Waals surface area contributed by atoms with Crippen molar-refractivity contribution in [2.45, 2.75) is 45.4 Å². The lowest BCUT2D eigenvalue weighted by Gasteiger charge is -2.06. The van der Waals surface area contributed by atoms with Crippen LogP contribution in [0.25, 0.3) is 0 Å². The molecule has 1 aromatic carbocycles. The summed E-state index contributed by atoms with van der Waals surface area (Å²) in [5.74, 6) is -0.152. The summed E-state index contributed by atoms with van der Waals surface area (Å²) in [4.78, 5) is 15.8. The van der Waals surface area contributed by atoms with Crippen LogP contribution in [0.2, 0.25) is 0 Å². The van der Waals surface area contributed by atoms with E-state index in [-0.39, 0.29) is 5.97 Å². The first-order valence-electron chi connectivity index (χ1n) is 8.40. The molecule has 3 heteroatoms. The monoisotopic (exact) mass is 311 g/mol. The van der Waals surface area contributed by atoms with Crippen molar-refractivity contribution in [2.75, 3.05) is 6.61 Å². The van der Waals surface area contributed by atoms with Crippen LogP contribution in [0, 0.1) is 0 Å². The molecule has 0 amide bonds. The molecule has 23 heavy (non-hydrogen) atoms. The third-order valence-corrected chi connectivity index (χ3v) is 3.81. The van der Waals surface area contributed by atoms with Gasteiger partial charge in [-0.3, -0.25) is 9.78 Å². The Morgan fingerprint density at radius 1 is 0.913 bits per heavy atom. The van der Waals surface area contributed by atoms with Crippen molar-refractivity contribution in [2.24, 2.45) is 0 Å². The van der Waals surface area contributed by atoms with Gasteiger partial charge < -0.3 is 4.74 Å². The number of esters is 1. The standard InChI is InChI=1S/C20H25NO2/c1-2-3-5-17-7-9-19(10-8-17)16-20(22)23-15-4-6-18-11-13-21-14-12-18/h7-14H,2-6,15-16H2,1H3. The Hall–Kier alpha value is -2.16. The lowest BCUT2D eigenvalue weighted by molar-refractivity contribution is -0.142. The summed E-state index contributed by atoms with van der Waals surface area (Å²) in [6.45, 7) is 2.66. The summed E-state index contributed by atoms with van der Waals surface area (Å²) in [6.07, 6.45) is 9.18. The van der Waals surface area contributed by atoms with Gasteiger partial charge in [0.15, 0.2) is 0 Å². The lowest BCUT2D eigenvalue weighted by Crippen LogP contribution is -2.09. The van der Waals surface area contributed by atoms with Crippen molar-refractivity contribution in [3.8, 4) is 0 Å². The largest absolute Gasteiger partial charge is 0.465 e. The molecule has 0 atom stereocenters. The van der Waals surface area contributed by atoms with Crippen LogP contribution < -0.4 is 0 Å². The number of hydrogen-bond donors (Lipinski definition) is 0. The zero-order chi connectivity index (χ0) is 16.3. The van der Waals surface area contributed by atoms with Gasteiger partial charge in [0.2, 0.25) is 0 Å². The maximum Gasteiger partial charge on any atom is 0.310 e. The number of unbranched alkanes of at least 4 members (excludes halogenated alkanes) is 1. The topological polar surface area (TPSA) is 39.2 Å². The molecule has 0 radical (unpaired) electrons. The fourth-order valence-electron chi connectivity index (χ4n) is 2.43. The minimum Gasteiger partial charge on any atom is -0.465 e. The van der Waals surface area contributed by atoms with Crippen LogP contribution in [-0.4, -0.2) is 17.6 Å². The minimum atomic E-state index is -0.152. The van der Waals surface area contributed by atoms with Crippen LogP contribution >= 0.6 is 0 Å². The third-order valence-electron chi connectivity index (χ3n) is 3.81. The number of pyridine rings is 1. The van der Waals surface area contributed by atoms with E-state index in [4.69, 9.17) is 4.74 Å². The van der Waals surface area contributed by atoms with Crippen LogP contribution in [-0.2, 0) is 28.8 Å². The van der Waals surface area contributed by atoms with Gasteiger partial charge in [0.25, 0.3) is 0 Å². The highest BCUT2D eigenvalue weighted by Gasteiger charge is 2.05. The average molecular weight is 311 g/mol. The number of benzene rings is 1. The SMILES string of the molecule is CCCCc1ccc(CC(=O)OCCCc2ccncc2)cc1. The maximum absolute atomic E-state index is 11.8. The molecule has 0 N–H and O–H groups in total. The molecule has 1 aromatic heterocycles. The van der Waals surface area contributed by atoms with E-state index in [1.165, 1.54) is 24.0 Å². The zero-order valence-corrected chi connectivity index (χ0v) is 13.8. The van der Waals surface area contributed by atoms with Gasteiger partial charge in [-0.2, -0.15) is 0 Å². The van der Waals surface area contributed by atoms with E-state index in [9.17, 15) is 4.79 Å². The molecule has 0 saturated heterocycles. The molecule has 0 aliphatic carbocycles. The average Bonchev–Trinajstić information content (AvgIpc) is 2.59. The van der Waals surface area contributed by atoms with Gasteiger partial charge in [-0.15, -0.1) is 0 Å². The quantitative estimate of drug-likeness (QED) is 0.516. The number of aryl methyl sites for hydroxylation is 2. The number of ether oxygens (including phenoxy) is 1. The van der Waals surface area contributed by atoms with Crippen LogP contribution in [0.4, 0.5) is 0 Å². The Morgan fingerprint density at radius 2 is 1.52 bits per heavy atom. The molecule has 122 valence electrons. The number of hydrogen-bond acceptors (Lipinski definition) is 3. The minimum absolute atomic E-state index is 0.152. The van der Waals surface area contributed by atoms with Gasteiger partial charge in [0.05, 0.1) is 13.0 Å². The molecular weight excluding hydrogens is 286 g/mol. The molecular formula is C20H25NO2. The van der Waals surface area contributed by atoms with Gasteiger partial charge in [-0.1, -0.05) is 37.6 Å². The van der Waals surface area contributed by atoms with E-state index in [0.29, 0.717) is 13.0 Å². The van der Waals surface area contributed by atoms with Gasteiger partial charge in [0.1, 0.15) is 0 Å². The molecule has 0 aliphatic rings. The molecule has 0 spiro atoms. The second-order valence-corrected chi connectivity index (χ2v) is 5.78. The highest BCUT2D eigenvalue weighted by molar-refractivity contribution is 5.72. The molecule has 2 aromatic rings. The van der Waals surface area contributed by atoms with Crippen molar-refractivity contribution in [3.05, 3.63) is 65.5 Å². The van der Waals surface area contributed by atoms with E-state index in [0.717, 1.165) is 24.8 Å². The Balaban J connectivity index is 1.66. The Kier molecular flexibility index (Phi) is 7.31. The van der Waals surface area contributed by atoms with Gasteiger partial charge in [0, 0.05) is 12.4 Å². The van der Waals surface area contributed by atoms with E-state index < -0.39 is 0 Å². The maximum atomic E-state index is 11.8. The number of carbonyl (C=O) groups is 1. The zero-order valence-electron chi connectivity index (χ0n) is 13.8. The molecule has 0 fully saturated rings. The predicted octanol–water partition coefficient (Wildman–Crippen LogP) is 4.14. The van der Waals surface area contributed by atoms with Gasteiger partial charge >= 0.3 is 5.97 Å². The summed E-state index contributed by atoms with van der Waals surface area (Å²) in [5.41, 5.74) is 3.57. The Bertz CT molecular complexity index is 578. The van der Waals surface area contributed by atoms with Crippen molar-refractivity contribution >= 4 is 5.97 Å². The second kappa shape index (κ2) is 9.78. The third kappa shape index (κ3) is 6.64. The molecule has 0 aliphatic heterocycles.